The van der Waals surface area contributed by atoms with Crippen molar-refractivity contribution in [3.05, 3.63) is 27.9 Å². The first-order chi connectivity index (χ1) is 9.52. The first kappa shape index (κ1) is 14.7. The Bertz CT molecular complexity index is 539. The number of aromatic nitrogens is 2. The molecule has 20 heavy (non-hydrogen) atoms. The van der Waals surface area contributed by atoms with Gasteiger partial charge < -0.3 is 14.6 Å². The molecule has 1 aromatic heterocycles. The second-order valence-corrected chi connectivity index (χ2v) is 5.39. The van der Waals surface area contributed by atoms with Crippen LogP contribution in [0.25, 0.3) is 0 Å². The number of ether oxygens (including phenoxy) is 1. The van der Waals surface area contributed by atoms with Crippen LogP contribution in [0.4, 0.5) is 0 Å². The molecule has 1 amide bonds. The average molecular weight is 279 g/mol. The lowest BCUT2D eigenvalue weighted by Crippen LogP contribution is -2.35. The van der Waals surface area contributed by atoms with Gasteiger partial charge in [-0.25, -0.2) is 4.98 Å². The number of aromatic amines is 1. The quantitative estimate of drug-likeness (QED) is 0.898. The maximum Gasteiger partial charge on any atom is 0.251 e. The number of nitrogens with one attached hydrogen (secondary N) is 1. The molecule has 1 fully saturated rings. The molecular weight excluding hydrogens is 258 g/mol. The molecule has 110 valence electrons. The van der Waals surface area contributed by atoms with E-state index in [0.29, 0.717) is 12.4 Å². The van der Waals surface area contributed by atoms with E-state index >= 15 is 0 Å². The van der Waals surface area contributed by atoms with E-state index in [2.05, 4.69) is 9.97 Å². The first-order valence-corrected chi connectivity index (χ1v) is 6.92. The minimum Gasteiger partial charge on any atom is -0.375 e. The zero-order valence-corrected chi connectivity index (χ0v) is 12.2. The van der Waals surface area contributed by atoms with E-state index in [-0.39, 0.29) is 30.0 Å². The van der Waals surface area contributed by atoms with Gasteiger partial charge >= 0.3 is 0 Å². The summed E-state index contributed by atoms with van der Waals surface area (Å²) in [4.78, 5) is 32.8. The molecule has 1 aromatic rings. The highest BCUT2D eigenvalue weighted by atomic mass is 16.5. The number of rotatable bonds is 4. The minimum atomic E-state index is -0.162. The summed E-state index contributed by atoms with van der Waals surface area (Å²) in [6.07, 6.45) is 1.73. The molecule has 1 aliphatic heterocycles. The van der Waals surface area contributed by atoms with Gasteiger partial charge in [0.1, 0.15) is 12.4 Å². The van der Waals surface area contributed by atoms with Gasteiger partial charge in [0.2, 0.25) is 5.91 Å². The van der Waals surface area contributed by atoms with Crippen molar-refractivity contribution in [1.82, 2.24) is 14.9 Å². The number of hydrogen-bond acceptors (Lipinski definition) is 4. The van der Waals surface area contributed by atoms with E-state index < -0.39 is 0 Å². The van der Waals surface area contributed by atoms with Crippen LogP contribution in [-0.2, 0) is 9.53 Å². The SMILES string of the molecule is COCC(=O)N1CCC[C@@H]1c1nc(C(C)C)cc(=O)[nH]1. The number of methoxy groups -OCH3 is 1. The van der Waals surface area contributed by atoms with Crippen LogP contribution in [0.5, 0.6) is 0 Å². The van der Waals surface area contributed by atoms with E-state index in [0.717, 1.165) is 18.5 Å². The van der Waals surface area contributed by atoms with Crippen molar-refractivity contribution in [1.29, 1.82) is 0 Å². The molecule has 1 N–H and O–H groups in total. The van der Waals surface area contributed by atoms with Crippen molar-refractivity contribution < 1.29 is 9.53 Å². The number of hydrogen-bond donors (Lipinski definition) is 1. The van der Waals surface area contributed by atoms with Gasteiger partial charge in [0.25, 0.3) is 5.56 Å². The summed E-state index contributed by atoms with van der Waals surface area (Å²) >= 11 is 0. The Balaban J connectivity index is 2.30. The fraction of sp³-hybridized carbons (Fsp3) is 0.643. The molecule has 1 aliphatic rings. The first-order valence-electron chi connectivity index (χ1n) is 6.92. The van der Waals surface area contributed by atoms with Crippen LogP contribution in [0, 0.1) is 0 Å². The number of nitrogens with zero attached hydrogens (tertiary/aromatic N) is 2. The third-order valence-electron chi connectivity index (χ3n) is 3.53. The molecule has 0 spiro atoms. The van der Waals surface area contributed by atoms with Crippen molar-refractivity contribution in [2.75, 3.05) is 20.3 Å². The van der Waals surface area contributed by atoms with E-state index in [4.69, 9.17) is 4.74 Å². The van der Waals surface area contributed by atoms with Crippen molar-refractivity contribution in [2.24, 2.45) is 0 Å². The van der Waals surface area contributed by atoms with Crippen LogP contribution < -0.4 is 5.56 Å². The maximum atomic E-state index is 12.0. The minimum absolute atomic E-state index is 0.0601. The molecular formula is C14H21N3O3. The molecule has 2 rings (SSSR count). The molecule has 0 radical (unpaired) electrons. The zero-order valence-electron chi connectivity index (χ0n) is 12.2. The Labute approximate surface area is 118 Å². The smallest absolute Gasteiger partial charge is 0.251 e. The highest BCUT2D eigenvalue weighted by molar-refractivity contribution is 5.78. The summed E-state index contributed by atoms with van der Waals surface area (Å²) in [5.74, 6) is 0.705. The highest BCUT2D eigenvalue weighted by Crippen LogP contribution is 2.29. The molecule has 0 saturated carbocycles. The van der Waals surface area contributed by atoms with Gasteiger partial charge in [0.05, 0.1) is 11.7 Å². The van der Waals surface area contributed by atoms with Gasteiger partial charge in [-0.15, -0.1) is 0 Å². The molecule has 1 saturated heterocycles. The van der Waals surface area contributed by atoms with Gasteiger partial charge in [-0.3, -0.25) is 9.59 Å². The summed E-state index contributed by atoms with van der Waals surface area (Å²) in [6, 6.07) is 1.37. The van der Waals surface area contributed by atoms with Crippen LogP contribution in [0.15, 0.2) is 10.9 Å². The van der Waals surface area contributed by atoms with Crippen molar-refractivity contribution in [3.63, 3.8) is 0 Å². The molecule has 0 aliphatic carbocycles. The van der Waals surface area contributed by atoms with Crippen molar-refractivity contribution in [3.8, 4) is 0 Å². The lowest BCUT2D eigenvalue weighted by atomic mass is 10.1. The van der Waals surface area contributed by atoms with E-state index in [1.165, 1.54) is 13.2 Å². The number of carbonyl (C=O) groups excluding carboxylic acids is 1. The van der Waals surface area contributed by atoms with Crippen LogP contribution >= 0.6 is 0 Å². The Hall–Kier alpha value is -1.69. The molecule has 0 unspecified atom stereocenters. The van der Waals surface area contributed by atoms with E-state index in [1.54, 1.807) is 4.90 Å². The van der Waals surface area contributed by atoms with Gasteiger partial charge in [0.15, 0.2) is 0 Å². The van der Waals surface area contributed by atoms with Gasteiger partial charge in [0, 0.05) is 19.7 Å². The second-order valence-electron chi connectivity index (χ2n) is 5.39. The Morgan fingerprint density at radius 2 is 2.35 bits per heavy atom. The lowest BCUT2D eigenvalue weighted by molar-refractivity contribution is -0.136. The van der Waals surface area contributed by atoms with Crippen molar-refractivity contribution in [2.45, 2.75) is 38.6 Å². The molecule has 0 aromatic carbocycles. The molecule has 6 nitrogen and oxygen atoms in total. The third kappa shape index (κ3) is 3.07. The number of H-pyrrole nitrogens is 1. The molecule has 0 bridgehead atoms. The Morgan fingerprint density at radius 1 is 1.60 bits per heavy atom. The van der Waals surface area contributed by atoms with Gasteiger partial charge in [-0.1, -0.05) is 13.8 Å². The van der Waals surface area contributed by atoms with Crippen LogP contribution in [-0.4, -0.2) is 41.0 Å². The number of carbonyl (C=O) groups is 1. The monoisotopic (exact) mass is 279 g/mol. The predicted molar refractivity (Wildman–Crippen MR) is 74.5 cm³/mol. The fourth-order valence-corrected chi connectivity index (χ4v) is 2.51. The van der Waals surface area contributed by atoms with Gasteiger partial charge in [-0.2, -0.15) is 0 Å². The molecule has 2 heterocycles. The maximum absolute atomic E-state index is 12.0. The summed E-state index contributed by atoms with van der Waals surface area (Å²) in [6.45, 7) is 4.73. The summed E-state index contributed by atoms with van der Waals surface area (Å²) in [5.41, 5.74) is 0.597. The highest BCUT2D eigenvalue weighted by Gasteiger charge is 2.31. The second kappa shape index (κ2) is 6.17. The predicted octanol–water partition coefficient (Wildman–Crippen LogP) is 1.20. The standard InChI is InChI=1S/C14H21N3O3/c1-9(2)10-7-12(18)16-14(15-10)11-5-4-6-17(11)13(19)8-20-3/h7,9,11H,4-6,8H2,1-3H3,(H,15,16,18)/t11-/m1/s1. The Morgan fingerprint density at radius 3 is 3.00 bits per heavy atom. The molecule has 1 atom stereocenters. The summed E-state index contributed by atoms with van der Waals surface area (Å²) in [7, 11) is 1.50. The fourth-order valence-electron chi connectivity index (χ4n) is 2.51. The van der Waals surface area contributed by atoms with E-state index in [1.807, 2.05) is 13.8 Å². The van der Waals surface area contributed by atoms with Crippen LogP contribution in [0.1, 0.15) is 50.2 Å². The lowest BCUT2D eigenvalue weighted by Gasteiger charge is -2.24. The summed E-state index contributed by atoms with van der Waals surface area (Å²) in [5, 5.41) is 0. The van der Waals surface area contributed by atoms with Crippen LogP contribution in [0.2, 0.25) is 0 Å². The van der Waals surface area contributed by atoms with Crippen LogP contribution in [0.3, 0.4) is 0 Å². The van der Waals surface area contributed by atoms with Gasteiger partial charge in [-0.05, 0) is 18.8 Å². The zero-order chi connectivity index (χ0) is 14.7. The Kier molecular flexibility index (Phi) is 4.54. The normalized spacial score (nSPS) is 18.8. The van der Waals surface area contributed by atoms with Crippen molar-refractivity contribution >= 4 is 5.91 Å². The van der Waals surface area contributed by atoms with E-state index in [9.17, 15) is 9.59 Å². The summed E-state index contributed by atoms with van der Waals surface area (Å²) < 4.78 is 4.90. The number of likely N-dealkylation sites (tertiary alicyclic amines) is 1. The molecule has 6 heteroatoms. The average Bonchev–Trinajstić information content (AvgIpc) is 2.87. The largest absolute Gasteiger partial charge is 0.375 e. The third-order valence-corrected chi connectivity index (χ3v) is 3.53. The number of amides is 1. The topological polar surface area (TPSA) is 75.3 Å².